The van der Waals surface area contributed by atoms with Crippen molar-refractivity contribution in [2.75, 3.05) is 0 Å². The molecule has 0 saturated carbocycles. The van der Waals surface area contributed by atoms with Gasteiger partial charge in [0.15, 0.2) is 0 Å². The highest BCUT2D eigenvalue weighted by Gasteiger charge is 2.49. The van der Waals surface area contributed by atoms with Crippen LogP contribution in [0.25, 0.3) is 5.20 Å². The molecule has 1 aromatic carbocycles. The van der Waals surface area contributed by atoms with Crippen molar-refractivity contribution in [1.82, 2.24) is 0 Å². The molecule has 0 nitrogen and oxygen atoms in total. The molecular formula is C21H35Si2. The van der Waals surface area contributed by atoms with Crippen molar-refractivity contribution in [2.24, 2.45) is 0 Å². The smallest absolute Gasteiger partial charge is 0.0759 e. The second-order valence-corrected chi connectivity index (χ2v) is 20.8. The second-order valence-electron chi connectivity index (χ2n) is 10.3. The summed E-state index contributed by atoms with van der Waals surface area (Å²) in [6, 6.07) is 9.16. The maximum absolute atomic E-state index is 2.62. The van der Waals surface area contributed by atoms with Crippen LogP contribution < -0.4 is 0 Å². The van der Waals surface area contributed by atoms with Crippen LogP contribution in [-0.4, -0.2) is 16.1 Å². The number of hydrogen-bond acceptors (Lipinski definition) is 0. The average Bonchev–Trinajstić information content (AvgIpc) is 2.76. The van der Waals surface area contributed by atoms with Gasteiger partial charge in [0.2, 0.25) is 0 Å². The number of rotatable bonds is 2. The summed E-state index contributed by atoms with van der Waals surface area (Å²) in [5.74, 6) is 0. The Labute approximate surface area is 146 Å². The Morgan fingerprint density at radius 3 is 1.52 bits per heavy atom. The van der Waals surface area contributed by atoms with Crippen molar-refractivity contribution in [3.8, 4) is 0 Å². The highest BCUT2D eigenvalue weighted by atomic mass is 28.3. The van der Waals surface area contributed by atoms with Crippen LogP contribution in [0.3, 0.4) is 0 Å². The Bertz CT molecular complexity index is 622. The summed E-state index contributed by atoms with van der Waals surface area (Å²) in [4.78, 5) is 0. The molecule has 0 atom stereocenters. The lowest BCUT2D eigenvalue weighted by atomic mass is 10.1. The third-order valence-corrected chi connectivity index (χ3v) is 17.9. The minimum atomic E-state index is -1.54. The minimum absolute atomic E-state index is 0.370. The van der Waals surface area contributed by atoms with Crippen LogP contribution in [0.1, 0.15) is 52.7 Å². The standard InChI is InChI=1S/C21H35Si2/c1-20(2,3)22(7,8)18-15-19(23(9,10)21(4,5)6)17-14-12-11-13-16(17)18/h11-15H,1-10H3. The molecular weight excluding hydrogens is 308 g/mol. The van der Waals surface area contributed by atoms with Gasteiger partial charge in [-0.3, -0.25) is 0 Å². The van der Waals surface area contributed by atoms with Gasteiger partial charge in [-0.2, -0.15) is 0 Å². The first-order valence-corrected chi connectivity index (χ1v) is 14.9. The van der Waals surface area contributed by atoms with E-state index in [1.807, 2.05) is 0 Å². The molecule has 1 aliphatic carbocycles. The van der Waals surface area contributed by atoms with Gasteiger partial charge in [0.1, 0.15) is 0 Å². The summed E-state index contributed by atoms with van der Waals surface area (Å²) in [6.07, 6.45) is 2.62. The van der Waals surface area contributed by atoms with Gasteiger partial charge in [0.25, 0.3) is 0 Å². The molecule has 0 spiro atoms. The second kappa shape index (κ2) is 5.45. The van der Waals surface area contributed by atoms with E-state index in [9.17, 15) is 0 Å². The maximum atomic E-state index is 2.62. The van der Waals surface area contributed by atoms with Crippen molar-refractivity contribution in [3.05, 3.63) is 47.0 Å². The third kappa shape index (κ3) is 2.93. The lowest BCUT2D eigenvalue weighted by Gasteiger charge is -2.41. The topological polar surface area (TPSA) is 0 Å². The number of hydrogen-bond donors (Lipinski definition) is 0. The van der Waals surface area contributed by atoms with E-state index in [-0.39, 0.29) is 0 Å². The van der Waals surface area contributed by atoms with E-state index in [0.29, 0.717) is 10.1 Å². The molecule has 0 aliphatic heterocycles. The van der Waals surface area contributed by atoms with Crippen LogP contribution in [0.2, 0.25) is 36.3 Å². The molecule has 0 N–H and O–H groups in total. The molecule has 0 heterocycles. The van der Waals surface area contributed by atoms with Crippen LogP contribution in [0.4, 0.5) is 0 Å². The van der Waals surface area contributed by atoms with E-state index in [4.69, 9.17) is 0 Å². The molecule has 1 aliphatic rings. The molecule has 0 fully saturated rings. The SMILES string of the molecule is CC(C)(C)[Si](C)(C)[C]1C=C([Si](C)(C)C(C)(C)C)c2ccccc21. The molecule has 1 radical (unpaired) electrons. The van der Waals surface area contributed by atoms with Crippen molar-refractivity contribution in [2.45, 2.75) is 77.8 Å². The van der Waals surface area contributed by atoms with E-state index in [1.165, 1.54) is 11.1 Å². The lowest BCUT2D eigenvalue weighted by Crippen LogP contribution is -2.43. The van der Waals surface area contributed by atoms with E-state index in [1.54, 1.807) is 10.7 Å². The lowest BCUT2D eigenvalue weighted by molar-refractivity contribution is 0.721. The molecule has 1 aromatic rings. The third-order valence-electron chi connectivity index (χ3n) is 6.89. The van der Waals surface area contributed by atoms with Gasteiger partial charge in [-0.15, -0.1) is 0 Å². The predicted molar refractivity (Wildman–Crippen MR) is 111 cm³/mol. The predicted octanol–water partition coefficient (Wildman–Crippen LogP) is 7.10. The average molecular weight is 344 g/mol. The van der Waals surface area contributed by atoms with Crippen LogP contribution in [-0.2, 0) is 0 Å². The van der Waals surface area contributed by atoms with Gasteiger partial charge in [-0.1, -0.05) is 103 Å². The molecule has 0 amide bonds. The Balaban J connectivity index is 2.66. The minimum Gasteiger partial charge on any atom is -0.0759 e. The Morgan fingerprint density at radius 2 is 1.09 bits per heavy atom. The molecule has 0 aromatic heterocycles. The summed E-state index contributed by atoms with van der Waals surface area (Å²) < 4.78 is 0. The van der Waals surface area contributed by atoms with Crippen LogP contribution in [0.15, 0.2) is 30.3 Å². The zero-order chi connectivity index (χ0) is 17.8. The Kier molecular flexibility index (Phi) is 4.44. The van der Waals surface area contributed by atoms with Crippen molar-refractivity contribution in [1.29, 1.82) is 0 Å². The first-order chi connectivity index (χ1) is 10.2. The molecule has 2 heteroatoms. The Morgan fingerprint density at radius 1 is 0.652 bits per heavy atom. The van der Waals surface area contributed by atoms with E-state index in [2.05, 4.69) is 98.1 Å². The quantitative estimate of drug-likeness (QED) is 0.502. The summed E-state index contributed by atoms with van der Waals surface area (Å²) in [5, 5.41) is 2.41. The molecule has 0 saturated heterocycles. The summed E-state index contributed by atoms with van der Waals surface area (Å²) in [6.45, 7) is 24.7. The summed E-state index contributed by atoms with van der Waals surface area (Å²) in [7, 11) is -3.08. The molecule has 23 heavy (non-hydrogen) atoms. The van der Waals surface area contributed by atoms with Gasteiger partial charge in [-0.25, -0.2) is 0 Å². The zero-order valence-electron chi connectivity index (χ0n) is 16.9. The first kappa shape index (κ1) is 18.7. The number of fused-ring (bicyclic) bond motifs is 1. The monoisotopic (exact) mass is 343 g/mol. The fourth-order valence-electron chi connectivity index (χ4n) is 3.09. The first-order valence-electron chi connectivity index (χ1n) is 8.90. The van der Waals surface area contributed by atoms with Crippen molar-refractivity contribution >= 4 is 21.3 Å². The molecule has 0 unspecified atom stereocenters. The maximum Gasteiger partial charge on any atom is 0.0863 e. The van der Waals surface area contributed by atoms with Crippen LogP contribution in [0.5, 0.6) is 0 Å². The normalized spacial score (nSPS) is 17.2. The van der Waals surface area contributed by atoms with Crippen molar-refractivity contribution in [3.63, 3.8) is 0 Å². The van der Waals surface area contributed by atoms with E-state index in [0.717, 1.165) is 0 Å². The molecule has 0 bridgehead atoms. The number of benzene rings is 1. The van der Waals surface area contributed by atoms with E-state index >= 15 is 0 Å². The number of allylic oxidation sites excluding steroid dienone is 1. The molecule has 127 valence electrons. The fraction of sp³-hybridized carbons (Fsp3) is 0.571. The summed E-state index contributed by atoms with van der Waals surface area (Å²) in [5.41, 5.74) is 4.72. The van der Waals surface area contributed by atoms with Crippen LogP contribution >= 0.6 is 0 Å². The highest BCUT2D eigenvalue weighted by Crippen LogP contribution is 2.54. The molecule has 2 rings (SSSR count). The van der Waals surface area contributed by atoms with Gasteiger partial charge >= 0.3 is 0 Å². The van der Waals surface area contributed by atoms with Gasteiger partial charge in [0, 0.05) is 5.54 Å². The zero-order valence-corrected chi connectivity index (χ0v) is 18.9. The van der Waals surface area contributed by atoms with Gasteiger partial charge in [-0.05, 0) is 21.2 Å². The fourth-order valence-corrected chi connectivity index (χ4v) is 7.65. The van der Waals surface area contributed by atoms with Crippen molar-refractivity contribution < 1.29 is 0 Å². The van der Waals surface area contributed by atoms with E-state index < -0.39 is 16.1 Å². The van der Waals surface area contributed by atoms with Crippen LogP contribution in [0, 0.1) is 5.54 Å². The summed E-state index contributed by atoms with van der Waals surface area (Å²) >= 11 is 0. The highest BCUT2D eigenvalue weighted by molar-refractivity contribution is 6.98. The largest absolute Gasteiger partial charge is 0.0863 e. The van der Waals surface area contributed by atoms with Gasteiger partial charge < -0.3 is 0 Å². The Hall–Kier alpha value is -0.606. The van der Waals surface area contributed by atoms with Gasteiger partial charge in [0.05, 0.1) is 16.1 Å².